The van der Waals surface area contributed by atoms with Gasteiger partial charge in [0, 0.05) is 29.9 Å². The van der Waals surface area contributed by atoms with Crippen LogP contribution in [-0.4, -0.2) is 24.3 Å². The van der Waals surface area contributed by atoms with Gasteiger partial charge in [-0.3, -0.25) is 4.79 Å². The summed E-state index contributed by atoms with van der Waals surface area (Å²) in [6, 6.07) is 8.42. The zero-order valence-electron chi connectivity index (χ0n) is 12.4. The van der Waals surface area contributed by atoms with Gasteiger partial charge in [-0.25, -0.2) is 0 Å². The Morgan fingerprint density at radius 3 is 2.65 bits per heavy atom. The van der Waals surface area contributed by atoms with Crippen molar-refractivity contribution in [1.29, 1.82) is 0 Å². The molecule has 0 aliphatic heterocycles. The Kier molecular flexibility index (Phi) is 5.79. The van der Waals surface area contributed by atoms with Crippen molar-refractivity contribution in [1.82, 2.24) is 4.90 Å². The molecule has 0 amide bonds. The minimum atomic E-state index is 0.245. The average Bonchev–Trinajstić information content (AvgIpc) is 2.44. The van der Waals surface area contributed by atoms with Crippen LogP contribution in [0.2, 0.25) is 0 Å². The van der Waals surface area contributed by atoms with Crippen molar-refractivity contribution < 1.29 is 4.79 Å². The fourth-order valence-electron chi connectivity index (χ4n) is 3.09. The molecule has 1 aliphatic rings. The fourth-order valence-corrected chi connectivity index (χ4v) is 3.36. The van der Waals surface area contributed by atoms with Gasteiger partial charge in [0.15, 0.2) is 0 Å². The van der Waals surface area contributed by atoms with E-state index in [1.807, 2.05) is 0 Å². The van der Waals surface area contributed by atoms with Gasteiger partial charge < -0.3 is 4.90 Å². The number of carbonyl (C=O) groups excluding carboxylic acids is 1. The summed E-state index contributed by atoms with van der Waals surface area (Å²) >= 11 is 3.46. The van der Waals surface area contributed by atoms with E-state index < -0.39 is 0 Å². The van der Waals surface area contributed by atoms with E-state index in [1.54, 1.807) is 0 Å². The van der Waals surface area contributed by atoms with Gasteiger partial charge in [-0.15, -0.1) is 0 Å². The molecule has 3 heteroatoms. The predicted molar refractivity (Wildman–Crippen MR) is 86.6 cm³/mol. The lowest BCUT2D eigenvalue weighted by Gasteiger charge is -2.30. The fraction of sp³-hybridized carbons (Fsp3) is 0.588. The molecule has 1 aliphatic carbocycles. The zero-order chi connectivity index (χ0) is 14.5. The van der Waals surface area contributed by atoms with Crippen LogP contribution in [0, 0.1) is 11.8 Å². The first-order valence-electron chi connectivity index (χ1n) is 7.54. The van der Waals surface area contributed by atoms with Crippen molar-refractivity contribution >= 4 is 21.7 Å². The lowest BCUT2D eigenvalue weighted by Crippen LogP contribution is -2.34. The van der Waals surface area contributed by atoms with E-state index in [4.69, 9.17) is 0 Å². The number of carbonyl (C=O) groups is 1. The summed E-state index contributed by atoms with van der Waals surface area (Å²) < 4.78 is 1.11. The summed E-state index contributed by atoms with van der Waals surface area (Å²) in [6.45, 7) is 4.04. The lowest BCUT2D eigenvalue weighted by molar-refractivity contribution is -0.126. The van der Waals surface area contributed by atoms with Crippen molar-refractivity contribution in [2.45, 2.75) is 39.2 Å². The van der Waals surface area contributed by atoms with Gasteiger partial charge in [-0.05, 0) is 43.5 Å². The van der Waals surface area contributed by atoms with Crippen molar-refractivity contribution in [3.05, 3.63) is 34.3 Å². The summed E-state index contributed by atoms with van der Waals surface area (Å²) in [6.07, 6.45) is 4.18. The summed E-state index contributed by atoms with van der Waals surface area (Å²) in [7, 11) is 2.12. The van der Waals surface area contributed by atoms with Gasteiger partial charge >= 0.3 is 0 Å². The van der Waals surface area contributed by atoms with Crippen LogP contribution in [0.15, 0.2) is 28.7 Å². The molecule has 0 spiro atoms. The van der Waals surface area contributed by atoms with E-state index in [0.717, 1.165) is 42.7 Å². The first kappa shape index (κ1) is 15.7. The van der Waals surface area contributed by atoms with Gasteiger partial charge in [0.05, 0.1) is 0 Å². The quantitative estimate of drug-likeness (QED) is 0.799. The Morgan fingerprint density at radius 1 is 1.30 bits per heavy atom. The highest BCUT2D eigenvalue weighted by Gasteiger charge is 2.28. The van der Waals surface area contributed by atoms with Gasteiger partial charge in [0.1, 0.15) is 5.78 Å². The molecule has 2 nitrogen and oxygen atoms in total. The van der Waals surface area contributed by atoms with Gasteiger partial charge in [0.25, 0.3) is 0 Å². The van der Waals surface area contributed by atoms with Crippen LogP contribution in [0.1, 0.15) is 38.2 Å². The second kappa shape index (κ2) is 7.37. The van der Waals surface area contributed by atoms with E-state index in [0.29, 0.717) is 5.78 Å². The third kappa shape index (κ3) is 4.42. The maximum Gasteiger partial charge on any atom is 0.137 e. The first-order valence-corrected chi connectivity index (χ1v) is 8.33. The maximum atomic E-state index is 12.1. The smallest absolute Gasteiger partial charge is 0.137 e. The summed E-state index contributed by atoms with van der Waals surface area (Å²) in [5, 5.41) is 0. The third-order valence-electron chi connectivity index (χ3n) is 4.35. The van der Waals surface area contributed by atoms with Gasteiger partial charge in [-0.2, -0.15) is 0 Å². The van der Waals surface area contributed by atoms with Crippen LogP contribution >= 0.6 is 15.9 Å². The number of Topliss-reactive ketones (excluding diaryl/α,β-unsaturated/α-hetero) is 1. The van der Waals surface area contributed by atoms with Gasteiger partial charge in [-0.1, -0.05) is 41.4 Å². The summed E-state index contributed by atoms with van der Waals surface area (Å²) in [4.78, 5) is 14.3. The van der Waals surface area contributed by atoms with E-state index in [1.165, 1.54) is 12.0 Å². The molecule has 2 unspecified atom stereocenters. The molecular formula is C17H24BrNO. The molecule has 1 aromatic rings. The monoisotopic (exact) mass is 337 g/mol. The van der Waals surface area contributed by atoms with Crippen LogP contribution in [0.3, 0.4) is 0 Å². The standard InChI is InChI=1S/C17H24BrNO/c1-3-13-6-9-17(20)15(10-13)12-19(2)11-14-4-7-16(18)8-5-14/h4-5,7-8,13,15H,3,6,9-12H2,1-2H3. The molecule has 0 radical (unpaired) electrons. The van der Waals surface area contributed by atoms with Gasteiger partial charge in [0.2, 0.25) is 0 Å². The molecule has 0 N–H and O–H groups in total. The lowest BCUT2D eigenvalue weighted by atomic mass is 9.79. The molecule has 1 fully saturated rings. The minimum Gasteiger partial charge on any atom is -0.301 e. The number of rotatable bonds is 5. The van der Waals surface area contributed by atoms with Crippen LogP contribution in [-0.2, 0) is 11.3 Å². The highest BCUT2D eigenvalue weighted by atomic mass is 79.9. The van der Waals surface area contributed by atoms with Crippen LogP contribution in [0.25, 0.3) is 0 Å². The number of hydrogen-bond acceptors (Lipinski definition) is 2. The topological polar surface area (TPSA) is 20.3 Å². The molecule has 1 saturated carbocycles. The predicted octanol–water partition coefficient (Wildman–Crippen LogP) is 4.28. The molecule has 110 valence electrons. The minimum absolute atomic E-state index is 0.245. The highest BCUT2D eigenvalue weighted by Crippen LogP contribution is 2.29. The second-order valence-corrected chi connectivity index (χ2v) is 6.95. The second-order valence-electron chi connectivity index (χ2n) is 6.04. The maximum absolute atomic E-state index is 12.1. The van der Waals surface area contributed by atoms with Crippen molar-refractivity contribution in [2.24, 2.45) is 11.8 Å². The molecule has 0 aromatic heterocycles. The number of halogens is 1. The molecule has 1 aromatic carbocycles. The normalized spacial score (nSPS) is 23.3. The SMILES string of the molecule is CCC1CCC(=O)C(CN(C)Cc2ccc(Br)cc2)C1. The molecule has 2 atom stereocenters. The Morgan fingerprint density at radius 2 is 2.00 bits per heavy atom. The summed E-state index contributed by atoms with van der Waals surface area (Å²) in [5.74, 6) is 1.46. The molecular weight excluding hydrogens is 314 g/mol. The molecule has 2 rings (SSSR count). The third-order valence-corrected chi connectivity index (χ3v) is 4.88. The Hall–Kier alpha value is -0.670. The number of nitrogens with zero attached hydrogens (tertiary/aromatic N) is 1. The summed E-state index contributed by atoms with van der Waals surface area (Å²) in [5.41, 5.74) is 1.30. The molecule has 0 bridgehead atoms. The molecule has 20 heavy (non-hydrogen) atoms. The Bertz CT molecular complexity index is 443. The Balaban J connectivity index is 1.88. The van der Waals surface area contributed by atoms with E-state index in [-0.39, 0.29) is 5.92 Å². The number of hydrogen-bond donors (Lipinski definition) is 0. The van der Waals surface area contributed by atoms with Crippen molar-refractivity contribution in [2.75, 3.05) is 13.6 Å². The van der Waals surface area contributed by atoms with E-state index >= 15 is 0 Å². The Labute approximate surface area is 130 Å². The number of benzene rings is 1. The van der Waals surface area contributed by atoms with Crippen LogP contribution < -0.4 is 0 Å². The molecule has 0 saturated heterocycles. The van der Waals surface area contributed by atoms with Crippen molar-refractivity contribution in [3.63, 3.8) is 0 Å². The highest BCUT2D eigenvalue weighted by molar-refractivity contribution is 9.10. The van der Waals surface area contributed by atoms with Crippen LogP contribution in [0.5, 0.6) is 0 Å². The average molecular weight is 338 g/mol. The van der Waals surface area contributed by atoms with E-state index in [9.17, 15) is 4.79 Å². The largest absolute Gasteiger partial charge is 0.301 e. The van der Waals surface area contributed by atoms with E-state index in [2.05, 4.69) is 59.1 Å². The zero-order valence-corrected chi connectivity index (χ0v) is 14.0. The van der Waals surface area contributed by atoms with Crippen molar-refractivity contribution in [3.8, 4) is 0 Å². The number of ketones is 1. The molecule has 0 heterocycles. The van der Waals surface area contributed by atoms with Crippen LogP contribution in [0.4, 0.5) is 0 Å². The first-order chi connectivity index (χ1) is 9.58.